The summed E-state index contributed by atoms with van der Waals surface area (Å²) in [6.07, 6.45) is 0. The molecule has 1 amide bonds. The first-order chi connectivity index (χ1) is 2.77. The first kappa shape index (κ1) is 5.86. The van der Waals surface area contributed by atoms with Crippen molar-refractivity contribution in [1.82, 2.24) is 0 Å². The summed E-state index contributed by atoms with van der Waals surface area (Å²) in [5.41, 5.74) is 4.66. The second kappa shape index (κ2) is 3.07. The molecule has 0 aromatic heterocycles. The van der Waals surface area contributed by atoms with Crippen molar-refractivity contribution in [3.8, 4) is 0 Å². The zero-order valence-corrected chi connectivity index (χ0v) is 5.60. The molecule has 0 aromatic rings. The molecule has 0 aliphatic rings. The summed E-state index contributed by atoms with van der Waals surface area (Å²) in [7, 11) is 0.586. The van der Waals surface area contributed by atoms with Gasteiger partial charge in [0.25, 0.3) is 0 Å². The van der Waals surface area contributed by atoms with Crippen LogP contribution < -0.4 is 5.73 Å². The predicted octanol–water partition coefficient (Wildman–Crippen LogP) is -1.26. The molecule has 2 N–H and O–H groups in total. The van der Waals surface area contributed by atoms with Crippen LogP contribution in [-0.4, -0.2) is 12.5 Å². The van der Waals surface area contributed by atoms with Gasteiger partial charge in [0, 0.05) is 0 Å². The Morgan fingerprint density at radius 2 is 2.50 bits per heavy atom. The Bertz CT molecular complexity index is 55.5. The van der Waals surface area contributed by atoms with Crippen LogP contribution in [0, 0.1) is 0 Å². The van der Waals surface area contributed by atoms with Crippen LogP contribution >= 0.6 is 9.47 Å². The van der Waals surface area contributed by atoms with E-state index in [1.54, 1.807) is 0 Å². The van der Waals surface area contributed by atoms with Gasteiger partial charge in [-0.1, -0.05) is 0 Å². The molecule has 38 valence electrons. The van der Waals surface area contributed by atoms with Crippen molar-refractivity contribution in [2.75, 3.05) is 6.61 Å². The molecule has 6 heavy (non-hydrogen) atoms. The van der Waals surface area contributed by atoms with E-state index in [4.69, 9.17) is 0 Å². The molecule has 0 spiro atoms. The van der Waals surface area contributed by atoms with Crippen molar-refractivity contribution in [1.29, 1.82) is 0 Å². The number of rotatable bonds is 2. The number of amides is 1. The summed E-state index contributed by atoms with van der Waals surface area (Å²) >= 11 is 0. The summed E-state index contributed by atoms with van der Waals surface area (Å²) in [5.74, 6) is -0.398. The Balaban J connectivity index is 2.83. The Morgan fingerprint density at radius 3 is 2.50 bits per heavy atom. The summed E-state index contributed by atoms with van der Waals surface area (Å²) in [4.78, 5) is 9.72. The van der Waals surface area contributed by atoms with Gasteiger partial charge in [-0.05, 0) is 0 Å². The molecule has 0 saturated carbocycles. The van der Waals surface area contributed by atoms with Crippen LogP contribution in [-0.2, 0) is 9.32 Å². The molecule has 0 saturated heterocycles. The fraction of sp³-hybridized carbons (Fsp3) is 0.500. The summed E-state index contributed by atoms with van der Waals surface area (Å²) < 4.78 is 4.47. The minimum atomic E-state index is -0.398. The van der Waals surface area contributed by atoms with E-state index in [1.165, 1.54) is 0 Å². The van der Waals surface area contributed by atoms with Crippen molar-refractivity contribution >= 4 is 15.4 Å². The third kappa shape index (κ3) is 3.86. The fourth-order valence-corrected chi connectivity index (χ4v) is 0.427. The molecule has 0 bridgehead atoms. The molecule has 0 atom stereocenters. The van der Waals surface area contributed by atoms with E-state index in [0.717, 1.165) is 0 Å². The molecule has 0 rings (SSSR count). The number of hydrogen-bond acceptors (Lipinski definition) is 2. The predicted molar refractivity (Wildman–Crippen MR) is 27.6 cm³/mol. The Morgan fingerprint density at radius 1 is 2.00 bits per heavy atom. The van der Waals surface area contributed by atoms with Gasteiger partial charge < -0.3 is 0 Å². The third-order valence-electron chi connectivity index (χ3n) is 0.287. The van der Waals surface area contributed by atoms with Gasteiger partial charge in [0.1, 0.15) is 0 Å². The van der Waals surface area contributed by atoms with Gasteiger partial charge in [-0.25, -0.2) is 0 Å². The molecule has 0 aliphatic carbocycles. The van der Waals surface area contributed by atoms with Gasteiger partial charge in [0.15, 0.2) is 0 Å². The van der Waals surface area contributed by atoms with Crippen LogP contribution in [0.3, 0.4) is 0 Å². The average molecular weight is 109 g/mol. The van der Waals surface area contributed by atoms with Gasteiger partial charge in [-0.2, -0.15) is 0 Å². The van der Waals surface area contributed by atoms with Crippen molar-refractivity contribution in [2.45, 2.75) is 0 Å². The van der Waals surface area contributed by atoms with E-state index in [-0.39, 0.29) is 6.61 Å². The van der Waals surface area contributed by atoms with Crippen molar-refractivity contribution < 1.29 is 9.32 Å². The zero-order valence-electron chi connectivity index (χ0n) is 3.60. The number of primary amides is 1. The fourth-order valence-electron chi connectivity index (χ4n) is 0.142. The molecule has 0 aromatic carbocycles. The van der Waals surface area contributed by atoms with Crippen LogP contribution in [0.2, 0.25) is 0 Å². The minimum absolute atomic E-state index is 0.0756. The van der Waals surface area contributed by atoms with Gasteiger partial charge >= 0.3 is 37.0 Å². The maximum absolute atomic E-state index is 9.72. The van der Waals surface area contributed by atoms with E-state index in [9.17, 15) is 4.79 Å². The van der Waals surface area contributed by atoms with Crippen molar-refractivity contribution in [2.24, 2.45) is 5.73 Å². The number of carbonyl (C=O) groups excluding carboxylic acids is 1. The first-order valence-electron chi connectivity index (χ1n) is 1.54. The van der Waals surface area contributed by atoms with E-state index in [1.807, 2.05) is 0 Å². The quantitative estimate of drug-likeness (QED) is 0.450. The van der Waals surface area contributed by atoms with Crippen LogP contribution in [0.4, 0.5) is 0 Å². The second-order valence-corrected chi connectivity index (χ2v) is 1.48. The monoisotopic (exact) mass is 109 g/mol. The van der Waals surface area contributed by atoms with E-state index in [0.29, 0.717) is 9.47 Å². The number of carbonyl (C=O) groups is 1. The van der Waals surface area contributed by atoms with Crippen molar-refractivity contribution in [3.05, 3.63) is 0 Å². The molecule has 0 unspecified atom stereocenters. The SMILES string of the molecule is NC(=O)CO[PH4]. The third-order valence-corrected chi connectivity index (χ3v) is 0.575. The topological polar surface area (TPSA) is 52.3 Å². The average Bonchev–Trinajstić information content (AvgIpc) is 1.35. The van der Waals surface area contributed by atoms with Crippen LogP contribution in [0.15, 0.2) is 0 Å². The zero-order chi connectivity index (χ0) is 4.99. The van der Waals surface area contributed by atoms with Gasteiger partial charge in [0.05, 0.1) is 0 Å². The van der Waals surface area contributed by atoms with Gasteiger partial charge in [0.2, 0.25) is 0 Å². The standard InChI is InChI=1S/C2H8NO2P/c3-2(4)1-5-6/h1H2,6H4,(H2,3,4). The molecule has 0 aliphatic heterocycles. The van der Waals surface area contributed by atoms with Crippen LogP contribution in [0.25, 0.3) is 0 Å². The summed E-state index contributed by atoms with van der Waals surface area (Å²) in [6, 6.07) is 0. The second-order valence-electron chi connectivity index (χ2n) is 0.899. The van der Waals surface area contributed by atoms with E-state index < -0.39 is 5.91 Å². The van der Waals surface area contributed by atoms with E-state index >= 15 is 0 Å². The molecule has 4 heteroatoms. The molecule has 0 heterocycles. The van der Waals surface area contributed by atoms with Gasteiger partial charge in [-0.15, -0.1) is 0 Å². The Hall–Kier alpha value is -0.140. The summed E-state index contributed by atoms with van der Waals surface area (Å²) in [5, 5.41) is 0. The maximum atomic E-state index is 9.72. The summed E-state index contributed by atoms with van der Waals surface area (Å²) in [6.45, 7) is 0.0756. The van der Waals surface area contributed by atoms with E-state index in [2.05, 4.69) is 10.3 Å². The number of nitrogens with two attached hydrogens (primary N) is 1. The first-order valence-corrected chi connectivity index (χ1v) is 2.36. The Labute approximate surface area is 38.1 Å². The Kier molecular flexibility index (Phi) is 2.99. The molecule has 3 nitrogen and oxygen atoms in total. The molecular formula is C2H8NO2P. The van der Waals surface area contributed by atoms with Gasteiger partial charge in [-0.3, -0.25) is 0 Å². The molecule has 0 fully saturated rings. The molecule has 0 radical (unpaired) electrons. The normalized spacial score (nSPS) is 8.33. The van der Waals surface area contributed by atoms with Crippen LogP contribution in [0.1, 0.15) is 0 Å². The number of hydrogen-bond donors (Lipinski definition) is 1. The molecular weight excluding hydrogens is 101 g/mol. The van der Waals surface area contributed by atoms with Crippen LogP contribution in [0.5, 0.6) is 0 Å². The van der Waals surface area contributed by atoms with Crippen molar-refractivity contribution in [3.63, 3.8) is 0 Å².